The molecule has 1 aliphatic rings. The van der Waals surface area contributed by atoms with Crippen LogP contribution < -0.4 is 31.9 Å². The Morgan fingerprint density at radius 2 is 1.18 bits per heavy atom. The second-order valence-electron chi connectivity index (χ2n) is 16.2. The molecule has 1 saturated heterocycles. The lowest BCUT2D eigenvalue weighted by atomic mass is 9.98. The van der Waals surface area contributed by atoms with Gasteiger partial charge in [-0.1, -0.05) is 88.4 Å². The van der Waals surface area contributed by atoms with Gasteiger partial charge in [-0.2, -0.15) is 24.4 Å². The number of hydrogen-bond donors (Lipinski definition) is 8. The summed E-state index contributed by atoms with van der Waals surface area (Å²) in [5.41, 5.74) is 1.46. The Bertz CT molecular complexity index is 1840. The van der Waals surface area contributed by atoms with Crippen molar-refractivity contribution in [2.45, 2.75) is 115 Å². The summed E-state index contributed by atoms with van der Waals surface area (Å²) < 4.78 is 0. The van der Waals surface area contributed by atoms with Crippen molar-refractivity contribution in [3.63, 3.8) is 0 Å². The van der Waals surface area contributed by atoms with E-state index in [1.807, 2.05) is 38.3 Å². The highest BCUT2D eigenvalue weighted by molar-refractivity contribution is 7.98. The minimum absolute atomic E-state index is 0.0208. The molecular formula is C44H63N7O9S2. The Hall–Kier alpha value is -5.10. The minimum atomic E-state index is -1.28. The van der Waals surface area contributed by atoms with Gasteiger partial charge in [0, 0.05) is 32.1 Å². The smallest absolute Gasteiger partial charge is 0.327 e. The Morgan fingerprint density at radius 3 is 1.68 bits per heavy atom. The Kier molecular flexibility index (Phi) is 21.3. The molecule has 0 aliphatic carbocycles. The molecule has 16 nitrogen and oxygen atoms in total. The number of likely N-dealkylation sites (tertiary alicyclic amines) is 1. The maximum absolute atomic E-state index is 14.3. The fourth-order valence-electron chi connectivity index (χ4n) is 7.06. The predicted molar refractivity (Wildman–Crippen MR) is 241 cm³/mol. The van der Waals surface area contributed by atoms with Crippen LogP contribution in [0.3, 0.4) is 0 Å². The molecule has 0 aromatic heterocycles. The number of thiol groups is 1. The predicted octanol–water partition coefficient (Wildman–Crippen LogP) is 1.86. The van der Waals surface area contributed by atoms with Crippen molar-refractivity contribution in [2.75, 3.05) is 24.3 Å². The van der Waals surface area contributed by atoms with Crippen LogP contribution in [-0.2, 0) is 51.2 Å². The Morgan fingerprint density at radius 1 is 0.694 bits per heavy atom. The lowest BCUT2D eigenvalue weighted by Gasteiger charge is -2.29. The molecule has 62 heavy (non-hydrogen) atoms. The van der Waals surface area contributed by atoms with Crippen LogP contribution in [0.25, 0.3) is 0 Å². The second kappa shape index (κ2) is 25.7. The molecule has 7 N–H and O–H groups in total. The first-order valence-electron chi connectivity index (χ1n) is 20.9. The highest BCUT2D eigenvalue weighted by atomic mass is 32.2. The molecule has 3 rings (SSSR count). The van der Waals surface area contributed by atoms with Gasteiger partial charge in [0.2, 0.25) is 41.4 Å². The van der Waals surface area contributed by atoms with E-state index < -0.39 is 89.6 Å². The zero-order valence-corrected chi connectivity index (χ0v) is 38.1. The highest BCUT2D eigenvalue weighted by Gasteiger charge is 2.37. The summed E-state index contributed by atoms with van der Waals surface area (Å²) in [5, 5.41) is 25.8. The van der Waals surface area contributed by atoms with Gasteiger partial charge in [0.15, 0.2) is 0 Å². The summed E-state index contributed by atoms with van der Waals surface area (Å²) in [6, 6.07) is 10.2. The number of rotatable bonds is 24. The van der Waals surface area contributed by atoms with Gasteiger partial charge in [0.1, 0.15) is 42.3 Å². The molecule has 1 heterocycles. The van der Waals surface area contributed by atoms with Crippen LogP contribution in [0.5, 0.6) is 0 Å². The van der Waals surface area contributed by atoms with Crippen LogP contribution in [-0.4, -0.2) is 124 Å². The molecule has 0 spiro atoms. The number of hydrogen-bond acceptors (Lipinski definition) is 10. The first-order valence-corrected chi connectivity index (χ1v) is 23.0. The van der Waals surface area contributed by atoms with Crippen molar-refractivity contribution in [1.29, 1.82) is 0 Å². The summed E-state index contributed by atoms with van der Waals surface area (Å²) in [5.74, 6) is -5.66. The number of carboxylic acid groups (broad SMARTS) is 1. The quantitative estimate of drug-likeness (QED) is 0.0714. The first kappa shape index (κ1) is 51.3. The normalized spacial score (nSPS) is 16.5. The standard InChI is InChI=1S/C44H63N7O9S2/c1-26(2)22-32(39(54)45-31(19-21-62-6)38(53)49-35(25-61)44(59)60)46-40(55)33(23-29-14-9-7-10-15-29)48-43(58)37(27(3)4)50-41(56)34(24-30-16-11-8-12-17-30)47-42(57)36-18-13-20-51(36)28(5)52/h7-12,14-17,26-27,31-37,61H,13,18-25H2,1-6H3,(H,45,54)(H,46,55)(H,47,57)(H,48,58)(H,49,53)(H,50,56)(H,59,60)/t31-,32-,33-,34-,35-,36-,37-/m0/s1. The number of benzene rings is 2. The lowest BCUT2D eigenvalue weighted by molar-refractivity contribution is -0.141. The second-order valence-corrected chi connectivity index (χ2v) is 17.6. The van der Waals surface area contributed by atoms with Crippen molar-refractivity contribution in [1.82, 2.24) is 36.8 Å². The van der Waals surface area contributed by atoms with Gasteiger partial charge in [0.25, 0.3) is 0 Å². The molecule has 0 unspecified atom stereocenters. The summed E-state index contributed by atoms with van der Waals surface area (Å²) >= 11 is 5.45. The summed E-state index contributed by atoms with van der Waals surface area (Å²) in [4.78, 5) is 109. The Balaban J connectivity index is 1.88. The maximum Gasteiger partial charge on any atom is 0.327 e. The third kappa shape index (κ3) is 16.3. The van der Waals surface area contributed by atoms with Crippen molar-refractivity contribution < 1.29 is 43.5 Å². The fraction of sp³-hybridized carbons (Fsp3) is 0.545. The Labute approximate surface area is 374 Å². The third-order valence-electron chi connectivity index (χ3n) is 10.4. The SMILES string of the molecule is CSCC[C@H](NC(=O)[C@H](CC(C)C)NC(=O)[C@H](Cc1ccccc1)NC(=O)[C@@H](NC(=O)[C@H](Cc1ccccc1)NC(=O)[C@@H]1CCCN1C(C)=O)C(C)C)C(=O)N[C@@H](CS)C(=O)O. The van der Waals surface area contributed by atoms with Crippen molar-refractivity contribution in [3.05, 3.63) is 71.8 Å². The number of nitrogens with zero attached hydrogens (tertiary/aromatic N) is 1. The molecule has 0 saturated carbocycles. The molecule has 0 radical (unpaired) electrons. The molecule has 1 fully saturated rings. The number of carboxylic acids is 1. The van der Waals surface area contributed by atoms with E-state index in [0.29, 0.717) is 30.7 Å². The van der Waals surface area contributed by atoms with Crippen LogP contribution in [0.2, 0.25) is 0 Å². The summed E-state index contributed by atoms with van der Waals surface area (Å²) in [6.45, 7) is 8.99. The monoisotopic (exact) mass is 897 g/mol. The molecule has 7 atom stereocenters. The topological polar surface area (TPSA) is 232 Å². The first-order chi connectivity index (χ1) is 29.4. The molecule has 0 bridgehead atoms. The van der Waals surface area contributed by atoms with E-state index in [0.717, 1.165) is 5.56 Å². The van der Waals surface area contributed by atoms with E-state index in [9.17, 15) is 43.5 Å². The van der Waals surface area contributed by atoms with Gasteiger partial charge in [-0.25, -0.2) is 4.79 Å². The average molecular weight is 898 g/mol. The lowest BCUT2D eigenvalue weighted by Crippen LogP contribution is -2.61. The van der Waals surface area contributed by atoms with Gasteiger partial charge < -0.3 is 41.9 Å². The molecule has 2 aromatic carbocycles. The van der Waals surface area contributed by atoms with Crippen molar-refractivity contribution in [3.8, 4) is 0 Å². The average Bonchev–Trinajstić information content (AvgIpc) is 3.74. The number of amides is 7. The van der Waals surface area contributed by atoms with Gasteiger partial charge in [0.05, 0.1) is 0 Å². The highest BCUT2D eigenvalue weighted by Crippen LogP contribution is 2.18. The maximum atomic E-state index is 14.3. The van der Waals surface area contributed by atoms with Crippen molar-refractivity contribution >= 4 is 71.7 Å². The number of thioether (sulfide) groups is 1. The zero-order valence-electron chi connectivity index (χ0n) is 36.3. The van der Waals surface area contributed by atoms with Crippen LogP contribution >= 0.6 is 24.4 Å². The van der Waals surface area contributed by atoms with Crippen LogP contribution in [0, 0.1) is 11.8 Å². The van der Waals surface area contributed by atoms with E-state index in [4.69, 9.17) is 0 Å². The molecule has 18 heteroatoms. The van der Waals surface area contributed by atoms with Crippen LogP contribution in [0.4, 0.5) is 0 Å². The number of nitrogens with one attached hydrogen (secondary N) is 6. The molecule has 1 aliphatic heterocycles. The summed E-state index contributed by atoms with van der Waals surface area (Å²) in [6.07, 6.45) is 3.39. The van der Waals surface area contributed by atoms with E-state index in [1.165, 1.54) is 23.6 Å². The van der Waals surface area contributed by atoms with E-state index in [2.05, 4.69) is 44.5 Å². The number of carbonyl (C=O) groups is 8. The van der Waals surface area contributed by atoms with E-state index in [1.54, 1.807) is 56.3 Å². The van der Waals surface area contributed by atoms with Crippen molar-refractivity contribution in [2.24, 2.45) is 11.8 Å². The summed E-state index contributed by atoms with van der Waals surface area (Å²) in [7, 11) is 0. The number of aliphatic carboxylic acids is 1. The van der Waals surface area contributed by atoms with Gasteiger partial charge in [-0.3, -0.25) is 33.6 Å². The van der Waals surface area contributed by atoms with Gasteiger partial charge in [-0.15, -0.1) is 0 Å². The van der Waals surface area contributed by atoms with Gasteiger partial charge >= 0.3 is 5.97 Å². The number of carbonyl (C=O) groups excluding carboxylic acids is 7. The van der Waals surface area contributed by atoms with E-state index in [-0.39, 0.29) is 43.3 Å². The van der Waals surface area contributed by atoms with Crippen LogP contribution in [0.15, 0.2) is 60.7 Å². The van der Waals surface area contributed by atoms with Crippen LogP contribution in [0.1, 0.15) is 71.4 Å². The minimum Gasteiger partial charge on any atom is -0.480 e. The van der Waals surface area contributed by atoms with Gasteiger partial charge in [-0.05, 0) is 60.7 Å². The third-order valence-corrected chi connectivity index (χ3v) is 11.4. The fourth-order valence-corrected chi connectivity index (χ4v) is 7.78. The van der Waals surface area contributed by atoms with E-state index >= 15 is 0 Å². The molecule has 7 amide bonds. The molecule has 2 aromatic rings. The molecular weight excluding hydrogens is 835 g/mol. The zero-order chi connectivity index (χ0) is 45.9. The largest absolute Gasteiger partial charge is 0.480 e. The molecule has 340 valence electrons.